The molecule has 0 saturated carbocycles. The molecule has 1 amide bonds. The molecule has 1 atom stereocenters. The molecule has 0 bridgehead atoms. The van der Waals surface area contributed by atoms with Crippen LogP contribution >= 0.6 is 0 Å². The average molecular weight is 530 g/mol. The van der Waals surface area contributed by atoms with Gasteiger partial charge in [0.05, 0.1) is 31.4 Å². The molecule has 2 heterocycles. The zero-order valence-electron chi connectivity index (χ0n) is 22.6. The minimum Gasteiger partial charge on any atom is -0.507 e. The molecule has 0 spiro atoms. The Morgan fingerprint density at radius 1 is 0.897 bits per heavy atom. The Bertz CT molecular complexity index is 1480. The fourth-order valence-corrected chi connectivity index (χ4v) is 4.97. The van der Waals surface area contributed by atoms with E-state index in [0.717, 1.165) is 5.56 Å². The second-order valence-electron chi connectivity index (χ2n) is 10.4. The van der Waals surface area contributed by atoms with Crippen LogP contribution in [0, 0.1) is 0 Å². The van der Waals surface area contributed by atoms with Gasteiger partial charge >= 0.3 is 0 Å². The number of hydrogen-bond acceptors (Lipinski definition) is 7. The largest absolute Gasteiger partial charge is 0.507 e. The van der Waals surface area contributed by atoms with Gasteiger partial charge in [0.2, 0.25) is 0 Å². The van der Waals surface area contributed by atoms with E-state index in [4.69, 9.17) is 18.9 Å². The zero-order chi connectivity index (χ0) is 27.9. The van der Waals surface area contributed by atoms with Crippen molar-refractivity contribution in [2.45, 2.75) is 32.2 Å². The van der Waals surface area contributed by atoms with Crippen molar-refractivity contribution < 1.29 is 33.6 Å². The first-order valence-electron chi connectivity index (χ1n) is 12.7. The minimum atomic E-state index is -0.980. The van der Waals surface area contributed by atoms with Crippen LogP contribution in [0.3, 0.4) is 0 Å². The van der Waals surface area contributed by atoms with Gasteiger partial charge in [-0.3, -0.25) is 14.5 Å². The SMILES string of the molecule is COc1ccc(C(C)(C)C)cc1/C(O)=C1\C(=O)C(=O)N(c2ccc3c(c2)OCCO3)C1c1ccccc1OC. The highest BCUT2D eigenvalue weighted by Gasteiger charge is 2.48. The van der Waals surface area contributed by atoms with E-state index >= 15 is 0 Å². The number of nitrogens with zero attached hydrogens (tertiary/aromatic N) is 1. The second-order valence-corrected chi connectivity index (χ2v) is 10.4. The van der Waals surface area contributed by atoms with Gasteiger partial charge < -0.3 is 24.1 Å². The van der Waals surface area contributed by atoms with E-state index in [1.165, 1.54) is 19.1 Å². The minimum absolute atomic E-state index is 0.0660. The van der Waals surface area contributed by atoms with Crippen LogP contribution in [0.1, 0.15) is 43.5 Å². The molecule has 3 aromatic carbocycles. The van der Waals surface area contributed by atoms with Crippen LogP contribution in [-0.2, 0) is 15.0 Å². The number of aliphatic hydroxyl groups is 1. The van der Waals surface area contributed by atoms with Crippen LogP contribution in [0.25, 0.3) is 5.76 Å². The van der Waals surface area contributed by atoms with E-state index in [9.17, 15) is 14.7 Å². The van der Waals surface area contributed by atoms with Gasteiger partial charge in [0.1, 0.15) is 30.5 Å². The number of rotatable bonds is 5. The fourth-order valence-electron chi connectivity index (χ4n) is 4.97. The number of aliphatic hydroxyl groups excluding tert-OH is 1. The van der Waals surface area contributed by atoms with Gasteiger partial charge in [-0.05, 0) is 41.3 Å². The first kappa shape index (κ1) is 26.2. The average Bonchev–Trinajstić information content (AvgIpc) is 3.21. The number of anilines is 1. The third-order valence-corrected chi connectivity index (χ3v) is 7.00. The standard InChI is InChI=1S/C31H31NO7/c1-31(2,3)18-10-12-23(37-5)21(16-18)28(33)26-27(20-8-6-7-9-22(20)36-4)32(30(35)29(26)34)19-11-13-24-25(17-19)39-15-14-38-24/h6-13,16-17,27,33H,14-15H2,1-5H3/b28-26+. The Morgan fingerprint density at radius 2 is 1.59 bits per heavy atom. The number of carbonyl (C=O) groups excluding carboxylic acids is 2. The Hall–Kier alpha value is -4.46. The number of amides is 1. The van der Waals surface area contributed by atoms with E-state index in [-0.39, 0.29) is 16.7 Å². The summed E-state index contributed by atoms with van der Waals surface area (Å²) in [5.74, 6) is -0.0555. The van der Waals surface area contributed by atoms with Crippen molar-refractivity contribution in [3.8, 4) is 23.0 Å². The Kier molecular flexibility index (Phi) is 6.72. The van der Waals surface area contributed by atoms with Crippen molar-refractivity contribution in [2.24, 2.45) is 0 Å². The Balaban J connectivity index is 1.76. The van der Waals surface area contributed by atoms with Crippen molar-refractivity contribution in [3.05, 3.63) is 82.9 Å². The Labute approximate surface area is 227 Å². The van der Waals surface area contributed by atoms with Crippen molar-refractivity contribution in [3.63, 3.8) is 0 Å². The van der Waals surface area contributed by atoms with Crippen molar-refractivity contribution in [1.82, 2.24) is 0 Å². The third kappa shape index (κ3) is 4.56. The van der Waals surface area contributed by atoms with Gasteiger partial charge in [-0.25, -0.2) is 0 Å². The summed E-state index contributed by atoms with van der Waals surface area (Å²) >= 11 is 0. The number of Topliss-reactive ketones (excluding diaryl/α,β-unsaturated/α-hetero) is 1. The highest BCUT2D eigenvalue weighted by molar-refractivity contribution is 6.51. The zero-order valence-corrected chi connectivity index (χ0v) is 22.6. The van der Waals surface area contributed by atoms with Crippen LogP contribution < -0.4 is 23.8 Å². The van der Waals surface area contributed by atoms with E-state index in [2.05, 4.69) is 0 Å². The number of ketones is 1. The van der Waals surface area contributed by atoms with Gasteiger partial charge in [-0.1, -0.05) is 45.0 Å². The smallest absolute Gasteiger partial charge is 0.300 e. The number of hydrogen-bond donors (Lipinski definition) is 1. The summed E-state index contributed by atoms with van der Waals surface area (Å²) in [6, 6.07) is 16.7. The number of para-hydroxylation sites is 1. The van der Waals surface area contributed by atoms with Crippen molar-refractivity contribution in [1.29, 1.82) is 0 Å². The maximum absolute atomic E-state index is 13.7. The normalized spacial score (nSPS) is 18.3. The van der Waals surface area contributed by atoms with E-state index in [1.54, 1.807) is 54.6 Å². The summed E-state index contributed by atoms with van der Waals surface area (Å²) in [7, 11) is 3.01. The van der Waals surface area contributed by atoms with Crippen molar-refractivity contribution >= 4 is 23.1 Å². The number of carbonyl (C=O) groups is 2. The Morgan fingerprint density at radius 3 is 2.28 bits per heavy atom. The number of benzene rings is 3. The molecule has 3 aromatic rings. The lowest BCUT2D eigenvalue weighted by molar-refractivity contribution is -0.132. The van der Waals surface area contributed by atoms with Crippen LogP contribution in [0.2, 0.25) is 0 Å². The van der Waals surface area contributed by atoms with E-state index in [0.29, 0.717) is 53.0 Å². The molecule has 0 aliphatic carbocycles. The number of fused-ring (bicyclic) bond motifs is 1. The molecule has 0 aromatic heterocycles. The van der Waals surface area contributed by atoms with Crippen molar-refractivity contribution in [2.75, 3.05) is 32.3 Å². The molecule has 2 aliphatic heterocycles. The van der Waals surface area contributed by atoms with E-state index < -0.39 is 17.7 Å². The van der Waals surface area contributed by atoms with Gasteiger partial charge in [0.25, 0.3) is 11.7 Å². The van der Waals surface area contributed by atoms with Crippen LogP contribution in [0.4, 0.5) is 5.69 Å². The molecular formula is C31H31NO7. The van der Waals surface area contributed by atoms with Gasteiger partial charge in [0.15, 0.2) is 11.5 Å². The van der Waals surface area contributed by atoms with Crippen LogP contribution in [0.5, 0.6) is 23.0 Å². The molecule has 0 radical (unpaired) electrons. The summed E-state index contributed by atoms with van der Waals surface area (Å²) < 4.78 is 22.6. The van der Waals surface area contributed by atoms with Gasteiger partial charge in [-0.15, -0.1) is 0 Å². The number of ether oxygens (including phenoxy) is 4. The monoisotopic (exact) mass is 529 g/mol. The van der Waals surface area contributed by atoms with Gasteiger partial charge in [0, 0.05) is 17.3 Å². The molecular weight excluding hydrogens is 498 g/mol. The first-order valence-corrected chi connectivity index (χ1v) is 12.7. The molecule has 1 N–H and O–H groups in total. The molecule has 1 fully saturated rings. The third-order valence-electron chi connectivity index (χ3n) is 7.00. The first-order chi connectivity index (χ1) is 18.7. The summed E-state index contributed by atoms with van der Waals surface area (Å²) in [5, 5.41) is 11.8. The quantitative estimate of drug-likeness (QED) is 0.269. The predicted molar refractivity (Wildman–Crippen MR) is 147 cm³/mol. The molecule has 5 rings (SSSR count). The number of methoxy groups -OCH3 is 2. The van der Waals surface area contributed by atoms with Crippen LogP contribution in [-0.4, -0.2) is 44.2 Å². The highest BCUT2D eigenvalue weighted by atomic mass is 16.6. The summed E-state index contributed by atoms with van der Waals surface area (Å²) in [4.78, 5) is 28.7. The maximum atomic E-state index is 13.7. The predicted octanol–water partition coefficient (Wildman–Crippen LogP) is 5.40. The lowest BCUT2D eigenvalue weighted by Gasteiger charge is -2.28. The van der Waals surface area contributed by atoms with E-state index in [1.807, 2.05) is 26.8 Å². The lowest BCUT2D eigenvalue weighted by atomic mass is 9.85. The molecule has 8 heteroatoms. The lowest BCUT2D eigenvalue weighted by Crippen LogP contribution is -2.30. The topological polar surface area (TPSA) is 94.5 Å². The molecule has 1 unspecified atom stereocenters. The fraction of sp³-hybridized carbons (Fsp3) is 0.290. The molecule has 2 aliphatic rings. The van der Waals surface area contributed by atoms with Gasteiger partial charge in [-0.2, -0.15) is 0 Å². The molecule has 1 saturated heterocycles. The highest BCUT2D eigenvalue weighted by Crippen LogP contribution is 2.47. The summed E-state index contributed by atoms with van der Waals surface area (Å²) in [6.07, 6.45) is 0. The molecule has 202 valence electrons. The molecule has 39 heavy (non-hydrogen) atoms. The van der Waals surface area contributed by atoms with Crippen LogP contribution in [0.15, 0.2) is 66.2 Å². The summed E-state index contributed by atoms with van der Waals surface area (Å²) in [5.41, 5.74) is 1.92. The second kappa shape index (κ2) is 10.0. The molecule has 8 nitrogen and oxygen atoms in total. The summed E-state index contributed by atoms with van der Waals surface area (Å²) in [6.45, 7) is 6.94. The maximum Gasteiger partial charge on any atom is 0.300 e.